The summed E-state index contributed by atoms with van der Waals surface area (Å²) in [6, 6.07) is 26.4. The van der Waals surface area contributed by atoms with Crippen molar-refractivity contribution in [3.8, 4) is 5.75 Å². The molecule has 4 rings (SSSR count). The van der Waals surface area contributed by atoms with Crippen molar-refractivity contribution >= 4 is 39.2 Å². The number of phenols is 1. The quantitative estimate of drug-likeness (QED) is 0.357. The first-order valence-corrected chi connectivity index (χ1v) is 9.52. The van der Waals surface area contributed by atoms with E-state index in [1.807, 2.05) is 97.9 Å². The highest BCUT2D eigenvalue weighted by Crippen LogP contribution is 2.36. The lowest BCUT2D eigenvalue weighted by atomic mass is 10.1. The number of anilines is 1. The van der Waals surface area contributed by atoms with E-state index >= 15 is 0 Å². The van der Waals surface area contributed by atoms with Crippen LogP contribution in [-0.4, -0.2) is 19.2 Å². The Morgan fingerprint density at radius 1 is 0.600 bits per heavy atom. The van der Waals surface area contributed by atoms with Crippen LogP contribution in [0.1, 0.15) is 0 Å². The van der Waals surface area contributed by atoms with Crippen molar-refractivity contribution in [3.63, 3.8) is 0 Å². The number of rotatable bonds is 5. The van der Waals surface area contributed by atoms with Gasteiger partial charge in [0.15, 0.2) is 0 Å². The molecular weight excluding hydrogens is 374 g/mol. The fourth-order valence-corrected chi connectivity index (χ4v) is 2.98. The summed E-state index contributed by atoms with van der Waals surface area (Å²) in [6.45, 7) is 0. The molecule has 148 valence electrons. The molecule has 4 aromatic rings. The van der Waals surface area contributed by atoms with Gasteiger partial charge in [-0.1, -0.05) is 30.3 Å². The van der Waals surface area contributed by atoms with Crippen LogP contribution in [0.15, 0.2) is 105 Å². The normalized spacial score (nSPS) is 11.5. The van der Waals surface area contributed by atoms with E-state index in [1.165, 1.54) is 0 Å². The Hall–Kier alpha value is -4.06. The van der Waals surface area contributed by atoms with Crippen LogP contribution in [0.3, 0.4) is 0 Å². The number of nitrogens with zero attached hydrogens (tertiary/aromatic N) is 5. The number of azo groups is 2. The molecule has 1 N–H and O–H groups in total. The number of hydrogen-bond donors (Lipinski definition) is 1. The van der Waals surface area contributed by atoms with E-state index < -0.39 is 0 Å². The van der Waals surface area contributed by atoms with E-state index in [1.54, 1.807) is 6.07 Å². The van der Waals surface area contributed by atoms with Crippen molar-refractivity contribution in [1.82, 2.24) is 0 Å². The van der Waals surface area contributed by atoms with Crippen molar-refractivity contribution in [2.45, 2.75) is 0 Å². The third-order valence-electron chi connectivity index (χ3n) is 4.64. The second kappa shape index (κ2) is 8.53. The molecule has 6 heteroatoms. The number of hydrogen-bond acceptors (Lipinski definition) is 6. The molecule has 0 aliphatic heterocycles. The first-order valence-electron chi connectivity index (χ1n) is 9.52. The van der Waals surface area contributed by atoms with Crippen molar-refractivity contribution in [2.24, 2.45) is 20.5 Å². The van der Waals surface area contributed by atoms with Crippen LogP contribution in [0, 0.1) is 0 Å². The third kappa shape index (κ3) is 4.33. The summed E-state index contributed by atoms with van der Waals surface area (Å²) >= 11 is 0. The van der Waals surface area contributed by atoms with E-state index in [9.17, 15) is 5.11 Å². The second-order valence-electron chi connectivity index (χ2n) is 6.98. The Morgan fingerprint density at radius 2 is 1.13 bits per heavy atom. The van der Waals surface area contributed by atoms with Crippen LogP contribution in [0.25, 0.3) is 10.8 Å². The monoisotopic (exact) mass is 395 g/mol. The molecule has 0 saturated carbocycles. The third-order valence-corrected chi connectivity index (χ3v) is 4.64. The average molecular weight is 395 g/mol. The van der Waals surface area contributed by atoms with E-state index in [4.69, 9.17) is 0 Å². The van der Waals surface area contributed by atoms with Gasteiger partial charge in [-0.15, -0.1) is 5.11 Å². The van der Waals surface area contributed by atoms with Gasteiger partial charge in [0.2, 0.25) is 0 Å². The number of fused-ring (bicyclic) bond motifs is 1. The van der Waals surface area contributed by atoms with Gasteiger partial charge in [-0.2, -0.15) is 15.3 Å². The fourth-order valence-electron chi connectivity index (χ4n) is 2.98. The van der Waals surface area contributed by atoms with Crippen LogP contribution >= 0.6 is 0 Å². The molecular formula is C24H21N5O. The van der Waals surface area contributed by atoms with Crippen molar-refractivity contribution in [1.29, 1.82) is 0 Å². The van der Waals surface area contributed by atoms with Crippen LogP contribution in [0.4, 0.5) is 28.4 Å². The first kappa shape index (κ1) is 19.3. The summed E-state index contributed by atoms with van der Waals surface area (Å²) in [7, 11) is 3.99. The van der Waals surface area contributed by atoms with Gasteiger partial charge in [0, 0.05) is 25.2 Å². The lowest BCUT2D eigenvalue weighted by Gasteiger charge is -2.11. The van der Waals surface area contributed by atoms with Gasteiger partial charge in [-0.25, -0.2) is 0 Å². The van der Waals surface area contributed by atoms with Crippen molar-refractivity contribution in [2.75, 3.05) is 19.0 Å². The summed E-state index contributed by atoms with van der Waals surface area (Å²) in [6.07, 6.45) is 0. The molecule has 0 fully saturated rings. The van der Waals surface area contributed by atoms with Gasteiger partial charge in [-0.05, 0) is 60.0 Å². The topological polar surface area (TPSA) is 72.9 Å². The Balaban J connectivity index is 1.50. The van der Waals surface area contributed by atoms with Crippen LogP contribution in [-0.2, 0) is 0 Å². The largest absolute Gasteiger partial charge is 0.506 e. The van der Waals surface area contributed by atoms with Crippen molar-refractivity contribution < 1.29 is 5.11 Å². The molecule has 0 aromatic heterocycles. The predicted molar refractivity (Wildman–Crippen MR) is 121 cm³/mol. The highest BCUT2D eigenvalue weighted by atomic mass is 16.3. The molecule has 0 radical (unpaired) electrons. The maximum absolute atomic E-state index is 10.2. The lowest BCUT2D eigenvalue weighted by molar-refractivity contribution is 0.477. The second-order valence-corrected chi connectivity index (χ2v) is 6.98. The fraction of sp³-hybridized carbons (Fsp3) is 0.0833. The maximum Gasteiger partial charge on any atom is 0.143 e. The van der Waals surface area contributed by atoms with E-state index in [-0.39, 0.29) is 5.75 Å². The molecule has 0 atom stereocenters. The predicted octanol–water partition coefficient (Wildman–Crippen LogP) is 7.44. The number of aromatic hydroxyl groups is 1. The Bertz CT molecular complexity index is 1210. The molecule has 0 aliphatic carbocycles. The lowest BCUT2D eigenvalue weighted by Crippen LogP contribution is -2.07. The van der Waals surface area contributed by atoms with Gasteiger partial charge < -0.3 is 10.0 Å². The molecule has 0 spiro atoms. The average Bonchev–Trinajstić information content (AvgIpc) is 2.78. The maximum atomic E-state index is 10.2. The minimum absolute atomic E-state index is 0.100. The zero-order chi connectivity index (χ0) is 20.9. The molecule has 0 unspecified atom stereocenters. The zero-order valence-corrected chi connectivity index (χ0v) is 16.8. The minimum Gasteiger partial charge on any atom is -0.506 e. The molecule has 4 aromatic carbocycles. The molecule has 0 heterocycles. The Labute approximate surface area is 174 Å². The summed E-state index contributed by atoms with van der Waals surface area (Å²) in [5.41, 5.74) is 3.74. The highest BCUT2D eigenvalue weighted by Gasteiger charge is 2.05. The number of benzene rings is 4. The molecule has 0 saturated heterocycles. The standard InChI is InChI=1S/C24H21N5O/c1-29(2)21-14-12-20(13-15-21)26-25-18-8-10-19(11-9-18)27-28-24-22-6-4-3-5-17(22)7-16-23(24)30/h3-16,30H,1-2H3. The highest BCUT2D eigenvalue weighted by molar-refractivity contribution is 5.95. The van der Waals surface area contributed by atoms with Crippen LogP contribution in [0.5, 0.6) is 5.75 Å². The Kier molecular flexibility index (Phi) is 5.48. The minimum atomic E-state index is 0.100. The summed E-state index contributed by atoms with van der Waals surface area (Å²) in [5.74, 6) is 0.100. The zero-order valence-electron chi connectivity index (χ0n) is 16.8. The van der Waals surface area contributed by atoms with Gasteiger partial charge >= 0.3 is 0 Å². The summed E-state index contributed by atoms with van der Waals surface area (Å²) < 4.78 is 0. The molecule has 0 aliphatic rings. The molecule has 6 nitrogen and oxygen atoms in total. The summed E-state index contributed by atoms with van der Waals surface area (Å²) in [4.78, 5) is 2.03. The molecule has 30 heavy (non-hydrogen) atoms. The first-order chi connectivity index (χ1) is 14.6. The van der Waals surface area contributed by atoms with E-state index in [2.05, 4.69) is 20.5 Å². The van der Waals surface area contributed by atoms with E-state index in [0.717, 1.165) is 27.8 Å². The van der Waals surface area contributed by atoms with Crippen LogP contribution < -0.4 is 4.90 Å². The molecule has 0 bridgehead atoms. The SMILES string of the molecule is CN(C)c1ccc(N=Nc2ccc(N=Nc3c(O)ccc4ccccc34)cc2)cc1. The van der Waals surface area contributed by atoms with Gasteiger partial charge in [-0.3, -0.25) is 0 Å². The van der Waals surface area contributed by atoms with Gasteiger partial charge in [0.1, 0.15) is 11.4 Å². The van der Waals surface area contributed by atoms with E-state index in [0.29, 0.717) is 11.4 Å². The Morgan fingerprint density at radius 3 is 1.73 bits per heavy atom. The van der Waals surface area contributed by atoms with Crippen LogP contribution in [0.2, 0.25) is 0 Å². The summed E-state index contributed by atoms with van der Waals surface area (Å²) in [5, 5.41) is 29.1. The van der Waals surface area contributed by atoms with Gasteiger partial charge in [0.05, 0.1) is 17.1 Å². The number of phenolic OH excluding ortho intramolecular Hbond substituents is 1. The molecule has 0 amide bonds. The van der Waals surface area contributed by atoms with Crippen molar-refractivity contribution in [3.05, 3.63) is 84.9 Å². The van der Waals surface area contributed by atoms with Gasteiger partial charge in [0.25, 0.3) is 0 Å². The smallest absolute Gasteiger partial charge is 0.143 e.